The first-order chi connectivity index (χ1) is 9.20. The molecule has 1 nitrogen and oxygen atoms in total. The van der Waals surface area contributed by atoms with E-state index in [4.69, 9.17) is 4.74 Å². The van der Waals surface area contributed by atoms with Gasteiger partial charge in [-0.3, -0.25) is 0 Å². The van der Waals surface area contributed by atoms with Crippen LogP contribution >= 0.6 is 15.9 Å². The Morgan fingerprint density at radius 1 is 1.16 bits per heavy atom. The third-order valence-corrected chi connectivity index (χ3v) is 3.83. The molecule has 0 saturated heterocycles. The predicted molar refractivity (Wildman–Crippen MR) is 79.6 cm³/mol. The predicted octanol–water partition coefficient (Wildman–Crippen LogP) is 4.69. The number of aryl methyl sites for hydroxylation is 1. The van der Waals surface area contributed by atoms with Crippen molar-refractivity contribution in [3.8, 4) is 5.75 Å². The lowest BCUT2D eigenvalue weighted by atomic mass is 10.0. The molecule has 0 aliphatic carbocycles. The van der Waals surface area contributed by atoms with Gasteiger partial charge in [0, 0.05) is 17.3 Å². The van der Waals surface area contributed by atoms with E-state index < -0.39 is 0 Å². The number of rotatable bonds is 5. The molecule has 0 spiro atoms. The fraction of sp³-hybridized carbons (Fsp3) is 0.250. The standard InChI is InChI=1S/C16H16BrFO/c1-12-7-8-15(18)9-16(12)19-11-14(10-17)13-5-3-2-4-6-13/h2-9,14H,10-11H2,1H3. The van der Waals surface area contributed by atoms with E-state index >= 15 is 0 Å². The molecule has 1 atom stereocenters. The highest BCUT2D eigenvalue weighted by atomic mass is 79.9. The van der Waals surface area contributed by atoms with Crippen LogP contribution < -0.4 is 4.74 Å². The summed E-state index contributed by atoms with van der Waals surface area (Å²) in [5.41, 5.74) is 2.16. The second-order valence-corrected chi connectivity index (χ2v) is 5.13. The van der Waals surface area contributed by atoms with Gasteiger partial charge in [-0.1, -0.05) is 52.3 Å². The maximum absolute atomic E-state index is 13.2. The van der Waals surface area contributed by atoms with E-state index in [0.29, 0.717) is 12.4 Å². The van der Waals surface area contributed by atoms with Crippen LogP contribution in [0.15, 0.2) is 48.5 Å². The zero-order chi connectivity index (χ0) is 13.7. The zero-order valence-electron chi connectivity index (χ0n) is 10.8. The van der Waals surface area contributed by atoms with Gasteiger partial charge in [-0.15, -0.1) is 0 Å². The number of halogens is 2. The van der Waals surface area contributed by atoms with Crippen molar-refractivity contribution < 1.29 is 9.13 Å². The van der Waals surface area contributed by atoms with Gasteiger partial charge in [0.2, 0.25) is 0 Å². The molecule has 2 aromatic rings. The van der Waals surface area contributed by atoms with Crippen molar-refractivity contribution in [1.82, 2.24) is 0 Å². The molecule has 0 amide bonds. The first-order valence-electron chi connectivity index (χ1n) is 6.20. The first kappa shape index (κ1) is 14.1. The van der Waals surface area contributed by atoms with Gasteiger partial charge in [0.25, 0.3) is 0 Å². The Bertz CT molecular complexity index is 528. The van der Waals surface area contributed by atoms with E-state index in [2.05, 4.69) is 28.1 Å². The molecule has 1 unspecified atom stereocenters. The molecule has 0 bridgehead atoms. The van der Waals surface area contributed by atoms with Crippen molar-refractivity contribution in [2.45, 2.75) is 12.8 Å². The van der Waals surface area contributed by atoms with E-state index in [9.17, 15) is 4.39 Å². The molecule has 0 heterocycles. The van der Waals surface area contributed by atoms with Gasteiger partial charge < -0.3 is 4.74 Å². The molecule has 0 aliphatic heterocycles. The molecule has 0 N–H and O–H groups in total. The molecule has 0 radical (unpaired) electrons. The van der Waals surface area contributed by atoms with E-state index in [1.165, 1.54) is 17.7 Å². The summed E-state index contributed by atoms with van der Waals surface area (Å²) < 4.78 is 18.9. The van der Waals surface area contributed by atoms with Gasteiger partial charge in [0.15, 0.2) is 0 Å². The Kier molecular flexibility index (Phi) is 4.97. The highest BCUT2D eigenvalue weighted by Gasteiger charge is 2.11. The summed E-state index contributed by atoms with van der Waals surface area (Å²) in [5, 5.41) is 0.811. The molecule has 0 aromatic heterocycles. The quantitative estimate of drug-likeness (QED) is 0.725. The van der Waals surface area contributed by atoms with E-state index in [-0.39, 0.29) is 11.7 Å². The Hall–Kier alpha value is -1.35. The third kappa shape index (κ3) is 3.80. The maximum atomic E-state index is 13.2. The highest BCUT2D eigenvalue weighted by molar-refractivity contribution is 9.09. The van der Waals surface area contributed by atoms with E-state index in [1.54, 1.807) is 6.07 Å². The van der Waals surface area contributed by atoms with Gasteiger partial charge in [0.1, 0.15) is 11.6 Å². The number of hydrogen-bond donors (Lipinski definition) is 0. The van der Waals surface area contributed by atoms with Crippen LogP contribution in [0, 0.1) is 12.7 Å². The molecule has 0 fully saturated rings. The Morgan fingerprint density at radius 3 is 2.58 bits per heavy atom. The monoisotopic (exact) mass is 322 g/mol. The number of benzene rings is 2. The van der Waals surface area contributed by atoms with Gasteiger partial charge >= 0.3 is 0 Å². The normalized spacial score (nSPS) is 12.2. The maximum Gasteiger partial charge on any atom is 0.126 e. The molecular formula is C16H16BrFO. The van der Waals surface area contributed by atoms with E-state index in [1.807, 2.05) is 25.1 Å². The Morgan fingerprint density at radius 2 is 1.89 bits per heavy atom. The second kappa shape index (κ2) is 6.71. The smallest absolute Gasteiger partial charge is 0.126 e. The average molecular weight is 323 g/mol. The molecule has 0 saturated carbocycles. The van der Waals surface area contributed by atoms with Crippen LogP contribution in [0.5, 0.6) is 5.75 Å². The molecule has 2 rings (SSSR count). The minimum Gasteiger partial charge on any atom is -0.493 e. The Labute approximate surface area is 121 Å². The average Bonchev–Trinajstić information content (AvgIpc) is 2.44. The number of ether oxygens (including phenoxy) is 1. The van der Waals surface area contributed by atoms with Crippen LogP contribution in [0.2, 0.25) is 0 Å². The summed E-state index contributed by atoms with van der Waals surface area (Å²) in [7, 11) is 0. The summed E-state index contributed by atoms with van der Waals surface area (Å²) in [5.74, 6) is 0.599. The van der Waals surface area contributed by atoms with Crippen molar-refractivity contribution in [3.05, 3.63) is 65.5 Å². The van der Waals surface area contributed by atoms with Crippen LogP contribution in [0.25, 0.3) is 0 Å². The number of hydrogen-bond acceptors (Lipinski definition) is 1. The molecule has 100 valence electrons. The Balaban J connectivity index is 2.06. The van der Waals surface area contributed by atoms with Crippen LogP contribution in [-0.2, 0) is 0 Å². The van der Waals surface area contributed by atoms with Crippen LogP contribution in [0.4, 0.5) is 4.39 Å². The third-order valence-electron chi connectivity index (χ3n) is 3.05. The summed E-state index contributed by atoms with van der Waals surface area (Å²) in [6.07, 6.45) is 0. The molecule has 19 heavy (non-hydrogen) atoms. The van der Waals surface area contributed by atoms with Crippen molar-refractivity contribution in [1.29, 1.82) is 0 Å². The molecule has 3 heteroatoms. The van der Waals surface area contributed by atoms with Crippen molar-refractivity contribution >= 4 is 15.9 Å². The van der Waals surface area contributed by atoms with Gasteiger partial charge in [-0.25, -0.2) is 4.39 Å². The second-order valence-electron chi connectivity index (χ2n) is 4.48. The summed E-state index contributed by atoms with van der Waals surface area (Å²) in [6, 6.07) is 14.8. The zero-order valence-corrected chi connectivity index (χ0v) is 12.4. The lowest BCUT2D eigenvalue weighted by Crippen LogP contribution is -2.12. The highest BCUT2D eigenvalue weighted by Crippen LogP contribution is 2.23. The molecular weight excluding hydrogens is 307 g/mol. The topological polar surface area (TPSA) is 9.23 Å². The minimum absolute atomic E-state index is 0.254. The van der Waals surface area contributed by atoms with Crippen molar-refractivity contribution in [2.75, 3.05) is 11.9 Å². The van der Waals surface area contributed by atoms with E-state index in [0.717, 1.165) is 10.9 Å². The van der Waals surface area contributed by atoms with Crippen molar-refractivity contribution in [3.63, 3.8) is 0 Å². The van der Waals surface area contributed by atoms with Crippen molar-refractivity contribution in [2.24, 2.45) is 0 Å². The van der Waals surface area contributed by atoms with Gasteiger partial charge in [-0.05, 0) is 24.1 Å². The summed E-state index contributed by atoms with van der Waals surface area (Å²) in [6.45, 7) is 2.44. The largest absolute Gasteiger partial charge is 0.493 e. The minimum atomic E-state index is -0.268. The van der Waals surface area contributed by atoms with Crippen LogP contribution in [-0.4, -0.2) is 11.9 Å². The SMILES string of the molecule is Cc1ccc(F)cc1OCC(CBr)c1ccccc1. The lowest BCUT2D eigenvalue weighted by Gasteiger charge is -2.16. The summed E-state index contributed by atoms with van der Waals surface area (Å²) >= 11 is 3.51. The molecule has 0 aliphatic rings. The fourth-order valence-electron chi connectivity index (χ4n) is 1.87. The van der Waals surface area contributed by atoms with Gasteiger partial charge in [0.05, 0.1) is 6.61 Å². The van der Waals surface area contributed by atoms with Crippen LogP contribution in [0.1, 0.15) is 17.0 Å². The summed E-state index contributed by atoms with van der Waals surface area (Å²) in [4.78, 5) is 0. The first-order valence-corrected chi connectivity index (χ1v) is 7.32. The molecule has 2 aromatic carbocycles. The lowest BCUT2D eigenvalue weighted by molar-refractivity contribution is 0.295. The number of alkyl halides is 1. The fourth-order valence-corrected chi connectivity index (χ4v) is 2.44. The van der Waals surface area contributed by atoms with Crippen LogP contribution in [0.3, 0.4) is 0 Å². The van der Waals surface area contributed by atoms with Gasteiger partial charge in [-0.2, -0.15) is 0 Å².